The number of benzene rings is 2. The molecule has 3 unspecified atom stereocenters. The highest BCUT2D eigenvalue weighted by Crippen LogP contribution is 2.50. The van der Waals surface area contributed by atoms with Gasteiger partial charge >= 0.3 is 0 Å². The van der Waals surface area contributed by atoms with Crippen LogP contribution < -0.4 is 4.74 Å². The molecule has 4 rings (SSSR count). The Labute approximate surface area is 179 Å². The number of ether oxygens (including phenoxy) is 1. The average Bonchev–Trinajstić information content (AvgIpc) is 3.34. The van der Waals surface area contributed by atoms with Crippen LogP contribution in [0, 0.1) is 29.4 Å². The van der Waals surface area contributed by atoms with Crippen molar-refractivity contribution in [1.82, 2.24) is 0 Å². The molecule has 0 radical (unpaired) electrons. The molecule has 2 aromatic carbocycles. The fourth-order valence-electron chi connectivity index (χ4n) is 5.57. The molecular weight excluding hydrogens is 378 g/mol. The molecule has 3 atom stereocenters. The molecule has 3 heteroatoms. The fourth-order valence-corrected chi connectivity index (χ4v) is 5.57. The van der Waals surface area contributed by atoms with Crippen LogP contribution in [0.4, 0.5) is 8.78 Å². The summed E-state index contributed by atoms with van der Waals surface area (Å²) >= 11 is 0. The Morgan fingerprint density at radius 1 is 0.933 bits per heavy atom. The Kier molecular flexibility index (Phi) is 6.55. The normalized spacial score (nSPS) is 22.8. The van der Waals surface area contributed by atoms with Gasteiger partial charge in [-0.15, -0.1) is 0 Å². The smallest absolute Gasteiger partial charge is 0.201 e. The van der Waals surface area contributed by atoms with Crippen LogP contribution in [0.1, 0.15) is 57.9 Å². The van der Waals surface area contributed by atoms with Crippen molar-refractivity contribution in [2.45, 2.75) is 58.8 Å². The lowest BCUT2D eigenvalue weighted by molar-refractivity contribution is 0.314. The standard InChI is InChI=1S/C27H32F2O/c1-3-5-19-12-14-23-20(13-15-22(19)23)9-6-18-7-10-21(11-8-18)24-16-17-25(30-4-2)27(29)26(24)28/h7-8,10-12,16-17,20,22-23H,3-6,9,13-15H2,1-2H3. The molecule has 0 amide bonds. The number of hydrogen-bond acceptors (Lipinski definition) is 1. The Morgan fingerprint density at radius 2 is 1.73 bits per heavy atom. The highest BCUT2D eigenvalue weighted by molar-refractivity contribution is 5.65. The van der Waals surface area contributed by atoms with Crippen molar-refractivity contribution in [3.63, 3.8) is 0 Å². The van der Waals surface area contributed by atoms with Gasteiger partial charge in [0.25, 0.3) is 0 Å². The van der Waals surface area contributed by atoms with Gasteiger partial charge in [0, 0.05) is 5.56 Å². The van der Waals surface area contributed by atoms with E-state index in [1.54, 1.807) is 18.6 Å². The fraction of sp³-hybridized carbons (Fsp3) is 0.481. The van der Waals surface area contributed by atoms with Gasteiger partial charge in [0.05, 0.1) is 6.61 Å². The van der Waals surface area contributed by atoms with Crippen molar-refractivity contribution in [2.75, 3.05) is 6.61 Å². The summed E-state index contributed by atoms with van der Waals surface area (Å²) in [6, 6.07) is 11.0. The largest absolute Gasteiger partial charge is 0.491 e. The van der Waals surface area contributed by atoms with Crippen LogP contribution in [-0.2, 0) is 6.42 Å². The van der Waals surface area contributed by atoms with Crippen molar-refractivity contribution in [1.29, 1.82) is 0 Å². The minimum absolute atomic E-state index is 0.0336. The Hall–Kier alpha value is -2.16. The second kappa shape index (κ2) is 9.32. The summed E-state index contributed by atoms with van der Waals surface area (Å²) in [5.41, 5.74) is 3.97. The van der Waals surface area contributed by atoms with Gasteiger partial charge in [0.2, 0.25) is 5.82 Å². The van der Waals surface area contributed by atoms with E-state index >= 15 is 0 Å². The van der Waals surface area contributed by atoms with Crippen LogP contribution in [0.2, 0.25) is 0 Å². The first kappa shape index (κ1) is 21.1. The molecule has 1 fully saturated rings. The maximum Gasteiger partial charge on any atom is 0.201 e. The molecule has 2 aliphatic rings. The van der Waals surface area contributed by atoms with Gasteiger partial charge in [0.15, 0.2) is 11.6 Å². The van der Waals surface area contributed by atoms with Crippen LogP contribution in [0.5, 0.6) is 5.75 Å². The molecule has 1 saturated carbocycles. The van der Waals surface area contributed by atoms with E-state index < -0.39 is 11.6 Å². The van der Waals surface area contributed by atoms with Crippen molar-refractivity contribution < 1.29 is 13.5 Å². The van der Waals surface area contributed by atoms with Crippen LogP contribution >= 0.6 is 0 Å². The molecule has 0 bridgehead atoms. The molecule has 2 aliphatic carbocycles. The van der Waals surface area contributed by atoms with E-state index in [0.29, 0.717) is 12.2 Å². The molecule has 30 heavy (non-hydrogen) atoms. The van der Waals surface area contributed by atoms with Crippen LogP contribution in [0.15, 0.2) is 48.0 Å². The Morgan fingerprint density at radius 3 is 2.47 bits per heavy atom. The third-order valence-electron chi connectivity index (χ3n) is 7.05. The van der Waals surface area contributed by atoms with E-state index in [4.69, 9.17) is 4.74 Å². The zero-order valence-corrected chi connectivity index (χ0v) is 18.1. The lowest BCUT2D eigenvalue weighted by Gasteiger charge is -2.20. The first-order valence-electron chi connectivity index (χ1n) is 11.5. The molecular formula is C27H32F2O. The Bertz CT molecular complexity index is 900. The highest BCUT2D eigenvalue weighted by atomic mass is 19.2. The van der Waals surface area contributed by atoms with Crippen molar-refractivity contribution in [2.24, 2.45) is 17.8 Å². The Balaban J connectivity index is 1.38. The SMILES string of the molecule is CCCC1=CCC2C(CCc3ccc(-c4ccc(OCC)c(F)c4F)cc3)CCC12. The minimum atomic E-state index is -0.915. The molecule has 0 spiro atoms. The number of hydrogen-bond donors (Lipinski definition) is 0. The van der Waals surface area contributed by atoms with E-state index in [0.717, 1.165) is 24.2 Å². The van der Waals surface area contributed by atoms with E-state index in [-0.39, 0.29) is 11.3 Å². The van der Waals surface area contributed by atoms with E-state index in [2.05, 4.69) is 25.1 Å². The number of fused-ring (bicyclic) bond motifs is 1. The maximum absolute atomic E-state index is 14.5. The molecule has 0 N–H and O–H groups in total. The molecule has 0 heterocycles. The highest BCUT2D eigenvalue weighted by Gasteiger charge is 2.39. The lowest BCUT2D eigenvalue weighted by atomic mass is 9.85. The van der Waals surface area contributed by atoms with Gasteiger partial charge in [-0.05, 0) is 86.5 Å². The van der Waals surface area contributed by atoms with Crippen molar-refractivity contribution >= 4 is 0 Å². The predicted octanol–water partition coefficient (Wildman–Crippen LogP) is 7.74. The summed E-state index contributed by atoms with van der Waals surface area (Å²) in [7, 11) is 0. The van der Waals surface area contributed by atoms with Gasteiger partial charge in [-0.3, -0.25) is 0 Å². The topological polar surface area (TPSA) is 9.23 Å². The molecule has 0 aliphatic heterocycles. The number of aryl methyl sites for hydroxylation is 1. The number of rotatable bonds is 8. The summed E-state index contributed by atoms with van der Waals surface area (Å²) in [5, 5.41) is 0. The maximum atomic E-state index is 14.5. The quantitative estimate of drug-likeness (QED) is 0.405. The lowest BCUT2D eigenvalue weighted by Crippen LogP contribution is -2.12. The van der Waals surface area contributed by atoms with E-state index in [1.165, 1.54) is 50.2 Å². The zero-order chi connectivity index (χ0) is 21.1. The third kappa shape index (κ3) is 4.17. The van der Waals surface area contributed by atoms with Gasteiger partial charge in [0.1, 0.15) is 0 Å². The number of allylic oxidation sites excluding steroid dienone is 2. The van der Waals surface area contributed by atoms with Gasteiger partial charge in [-0.25, -0.2) is 4.39 Å². The summed E-state index contributed by atoms with van der Waals surface area (Å²) < 4.78 is 33.8. The monoisotopic (exact) mass is 410 g/mol. The van der Waals surface area contributed by atoms with E-state index in [9.17, 15) is 8.78 Å². The summed E-state index contributed by atoms with van der Waals surface area (Å²) in [6.07, 6.45) is 11.3. The van der Waals surface area contributed by atoms with E-state index in [1.807, 2.05) is 12.1 Å². The summed E-state index contributed by atoms with van der Waals surface area (Å²) in [4.78, 5) is 0. The van der Waals surface area contributed by atoms with Gasteiger partial charge in [-0.2, -0.15) is 4.39 Å². The van der Waals surface area contributed by atoms with Crippen molar-refractivity contribution in [3.8, 4) is 16.9 Å². The second-order valence-corrected chi connectivity index (χ2v) is 8.78. The number of halogens is 2. The zero-order valence-electron chi connectivity index (χ0n) is 18.1. The molecule has 0 saturated heterocycles. The molecule has 0 aromatic heterocycles. The first-order valence-corrected chi connectivity index (χ1v) is 11.5. The predicted molar refractivity (Wildman–Crippen MR) is 119 cm³/mol. The van der Waals surface area contributed by atoms with Crippen LogP contribution in [0.25, 0.3) is 11.1 Å². The van der Waals surface area contributed by atoms with Gasteiger partial charge in [-0.1, -0.05) is 49.3 Å². The van der Waals surface area contributed by atoms with Crippen molar-refractivity contribution in [3.05, 3.63) is 65.2 Å². The third-order valence-corrected chi connectivity index (χ3v) is 7.05. The summed E-state index contributed by atoms with van der Waals surface area (Å²) in [5.74, 6) is 0.720. The van der Waals surface area contributed by atoms with Gasteiger partial charge < -0.3 is 4.74 Å². The average molecular weight is 411 g/mol. The second-order valence-electron chi connectivity index (χ2n) is 8.78. The summed E-state index contributed by atoms with van der Waals surface area (Å²) in [6.45, 7) is 4.34. The first-order chi connectivity index (χ1) is 14.6. The van der Waals surface area contributed by atoms with Crippen LogP contribution in [0.3, 0.4) is 0 Å². The molecule has 1 nitrogen and oxygen atoms in total. The molecule has 160 valence electrons. The minimum Gasteiger partial charge on any atom is -0.491 e. The van der Waals surface area contributed by atoms with Crippen LogP contribution in [-0.4, -0.2) is 6.61 Å². The molecule has 2 aromatic rings.